The van der Waals surface area contributed by atoms with Crippen LogP contribution >= 0.6 is 11.6 Å². The van der Waals surface area contributed by atoms with E-state index in [1.54, 1.807) is 0 Å². The van der Waals surface area contributed by atoms with Gasteiger partial charge in [-0.2, -0.15) is 0 Å². The van der Waals surface area contributed by atoms with Crippen molar-refractivity contribution < 1.29 is 0 Å². The zero-order chi connectivity index (χ0) is 13.4. The number of benzene rings is 1. The molecule has 3 nitrogen and oxygen atoms in total. The Labute approximate surface area is 118 Å². The maximum Gasteiger partial charge on any atom is 0.201 e. The molecule has 0 saturated heterocycles. The van der Waals surface area contributed by atoms with Gasteiger partial charge in [0.2, 0.25) is 5.95 Å². The molecule has 1 aromatic carbocycles. The fraction of sp³-hybridized carbons (Fsp3) is 0.533. The van der Waals surface area contributed by atoms with Crippen molar-refractivity contribution in [3.8, 4) is 0 Å². The van der Waals surface area contributed by atoms with E-state index in [1.165, 1.54) is 32.1 Å². The molecule has 2 N–H and O–H groups in total. The van der Waals surface area contributed by atoms with Crippen molar-refractivity contribution in [2.45, 2.75) is 45.1 Å². The lowest BCUT2D eigenvalue weighted by Crippen LogP contribution is -2.20. The molecule has 1 aromatic heterocycles. The van der Waals surface area contributed by atoms with Gasteiger partial charge in [-0.25, -0.2) is 4.98 Å². The maximum absolute atomic E-state index is 6.12. The van der Waals surface area contributed by atoms with Crippen LogP contribution in [-0.4, -0.2) is 9.55 Å². The number of imidazole rings is 1. The summed E-state index contributed by atoms with van der Waals surface area (Å²) in [7, 11) is 0. The number of hydrogen-bond acceptors (Lipinski definition) is 2. The van der Waals surface area contributed by atoms with Gasteiger partial charge in [-0.05, 0) is 43.9 Å². The van der Waals surface area contributed by atoms with Crippen LogP contribution in [0.15, 0.2) is 18.2 Å². The zero-order valence-electron chi connectivity index (χ0n) is 11.3. The largest absolute Gasteiger partial charge is 0.369 e. The van der Waals surface area contributed by atoms with Gasteiger partial charge in [-0.3, -0.25) is 0 Å². The first-order valence-electron chi connectivity index (χ1n) is 7.10. The number of hydrogen-bond donors (Lipinski definition) is 1. The normalized spacial score (nSPS) is 18.8. The van der Waals surface area contributed by atoms with E-state index in [4.69, 9.17) is 17.3 Å². The standard InChI is InChI=1S/C15H20ClN3/c1-10(11-5-3-2-4-6-11)19-14-8-7-12(16)9-13(14)18-15(19)17/h7-11H,2-6H2,1H3,(H2,17,18). The number of rotatable bonds is 2. The molecule has 0 bridgehead atoms. The predicted octanol–water partition coefficient (Wildman–Crippen LogP) is 4.41. The van der Waals surface area contributed by atoms with Gasteiger partial charge in [0, 0.05) is 11.1 Å². The molecule has 1 atom stereocenters. The van der Waals surface area contributed by atoms with Crippen LogP contribution in [0.2, 0.25) is 5.02 Å². The fourth-order valence-corrected chi connectivity index (χ4v) is 3.51. The van der Waals surface area contributed by atoms with E-state index >= 15 is 0 Å². The Balaban J connectivity index is 2.01. The van der Waals surface area contributed by atoms with Gasteiger partial charge in [0.05, 0.1) is 11.0 Å². The van der Waals surface area contributed by atoms with Crippen molar-refractivity contribution in [3.05, 3.63) is 23.2 Å². The summed E-state index contributed by atoms with van der Waals surface area (Å²) in [6, 6.07) is 6.23. The van der Waals surface area contributed by atoms with Crippen molar-refractivity contribution in [2.75, 3.05) is 5.73 Å². The quantitative estimate of drug-likeness (QED) is 0.883. The number of halogens is 1. The van der Waals surface area contributed by atoms with E-state index in [2.05, 4.69) is 16.5 Å². The highest BCUT2D eigenvalue weighted by Crippen LogP contribution is 2.36. The first-order valence-corrected chi connectivity index (χ1v) is 7.47. The molecule has 2 aromatic rings. The molecular formula is C15H20ClN3. The summed E-state index contributed by atoms with van der Waals surface area (Å²) in [4.78, 5) is 4.45. The van der Waals surface area contributed by atoms with Crippen LogP contribution in [0.3, 0.4) is 0 Å². The minimum absolute atomic E-state index is 0.409. The summed E-state index contributed by atoms with van der Waals surface area (Å²) >= 11 is 6.02. The lowest BCUT2D eigenvalue weighted by atomic mass is 9.84. The minimum Gasteiger partial charge on any atom is -0.369 e. The zero-order valence-corrected chi connectivity index (χ0v) is 12.0. The van der Waals surface area contributed by atoms with E-state index < -0.39 is 0 Å². The van der Waals surface area contributed by atoms with Gasteiger partial charge in [0.1, 0.15) is 0 Å². The Morgan fingerprint density at radius 1 is 1.32 bits per heavy atom. The average Bonchev–Trinajstić information content (AvgIpc) is 2.74. The molecule has 1 saturated carbocycles. The number of anilines is 1. The van der Waals surface area contributed by atoms with Crippen LogP contribution in [-0.2, 0) is 0 Å². The average molecular weight is 278 g/mol. The topological polar surface area (TPSA) is 43.8 Å². The lowest BCUT2D eigenvalue weighted by Gasteiger charge is -2.29. The van der Waals surface area contributed by atoms with Gasteiger partial charge in [0.15, 0.2) is 0 Å². The Morgan fingerprint density at radius 2 is 2.05 bits per heavy atom. The molecule has 102 valence electrons. The molecule has 1 unspecified atom stereocenters. The molecule has 1 fully saturated rings. The monoisotopic (exact) mass is 277 g/mol. The molecule has 0 aliphatic heterocycles. The Hall–Kier alpha value is -1.22. The lowest BCUT2D eigenvalue weighted by molar-refractivity contribution is 0.269. The van der Waals surface area contributed by atoms with E-state index in [-0.39, 0.29) is 0 Å². The second-order valence-corrected chi connectivity index (χ2v) is 6.05. The van der Waals surface area contributed by atoms with E-state index in [0.29, 0.717) is 22.9 Å². The Kier molecular flexibility index (Phi) is 3.40. The predicted molar refractivity (Wildman–Crippen MR) is 80.4 cm³/mol. The molecule has 1 heterocycles. The highest BCUT2D eigenvalue weighted by atomic mass is 35.5. The Morgan fingerprint density at radius 3 is 2.79 bits per heavy atom. The second kappa shape index (κ2) is 5.04. The first-order chi connectivity index (χ1) is 9.16. The fourth-order valence-electron chi connectivity index (χ4n) is 3.35. The highest BCUT2D eigenvalue weighted by Gasteiger charge is 2.24. The summed E-state index contributed by atoms with van der Waals surface area (Å²) in [5.74, 6) is 1.32. The van der Waals surface area contributed by atoms with Crippen molar-refractivity contribution >= 4 is 28.6 Å². The molecule has 0 spiro atoms. The van der Waals surface area contributed by atoms with Crippen LogP contribution in [0.25, 0.3) is 11.0 Å². The maximum atomic E-state index is 6.12. The third-order valence-corrected chi connectivity index (χ3v) is 4.65. The van der Waals surface area contributed by atoms with E-state index in [1.807, 2.05) is 18.2 Å². The summed E-state index contributed by atoms with van der Waals surface area (Å²) in [6.07, 6.45) is 6.65. The van der Waals surface area contributed by atoms with Crippen LogP contribution < -0.4 is 5.73 Å². The van der Waals surface area contributed by atoms with Crippen molar-refractivity contribution in [2.24, 2.45) is 5.92 Å². The summed E-state index contributed by atoms with van der Waals surface area (Å²) in [5.41, 5.74) is 8.11. The van der Waals surface area contributed by atoms with Gasteiger partial charge >= 0.3 is 0 Å². The van der Waals surface area contributed by atoms with Gasteiger partial charge in [0.25, 0.3) is 0 Å². The first kappa shape index (κ1) is 12.8. The third-order valence-electron chi connectivity index (χ3n) is 4.42. The molecule has 1 aliphatic rings. The molecule has 1 aliphatic carbocycles. The minimum atomic E-state index is 0.409. The highest BCUT2D eigenvalue weighted by molar-refractivity contribution is 6.31. The van der Waals surface area contributed by atoms with Gasteiger partial charge in [-0.1, -0.05) is 30.9 Å². The summed E-state index contributed by atoms with van der Waals surface area (Å²) in [6.45, 7) is 2.27. The molecular weight excluding hydrogens is 258 g/mol. The van der Waals surface area contributed by atoms with Gasteiger partial charge in [-0.15, -0.1) is 0 Å². The number of aromatic nitrogens is 2. The molecule has 19 heavy (non-hydrogen) atoms. The van der Waals surface area contributed by atoms with E-state index in [0.717, 1.165) is 11.0 Å². The second-order valence-electron chi connectivity index (χ2n) is 5.61. The number of nitrogens with two attached hydrogens (primary N) is 1. The summed E-state index contributed by atoms with van der Waals surface area (Å²) in [5, 5.41) is 0.711. The van der Waals surface area contributed by atoms with Crippen molar-refractivity contribution in [1.82, 2.24) is 9.55 Å². The van der Waals surface area contributed by atoms with Crippen LogP contribution in [0.5, 0.6) is 0 Å². The Bertz CT molecular complexity index is 584. The smallest absolute Gasteiger partial charge is 0.201 e. The van der Waals surface area contributed by atoms with Crippen LogP contribution in [0.4, 0.5) is 5.95 Å². The number of nitrogens with zero attached hydrogens (tertiary/aromatic N) is 2. The van der Waals surface area contributed by atoms with E-state index in [9.17, 15) is 0 Å². The van der Waals surface area contributed by atoms with Crippen molar-refractivity contribution in [3.63, 3.8) is 0 Å². The van der Waals surface area contributed by atoms with Gasteiger partial charge < -0.3 is 10.3 Å². The molecule has 3 rings (SSSR count). The molecule has 0 amide bonds. The van der Waals surface area contributed by atoms with Crippen LogP contribution in [0.1, 0.15) is 45.1 Å². The SMILES string of the molecule is CC(C1CCCCC1)n1c(N)nc2cc(Cl)ccc21. The molecule has 0 radical (unpaired) electrons. The number of fused-ring (bicyclic) bond motifs is 1. The number of nitrogen functional groups attached to an aromatic ring is 1. The summed E-state index contributed by atoms with van der Waals surface area (Å²) < 4.78 is 2.18. The molecule has 4 heteroatoms. The van der Waals surface area contributed by atoms with Crippen LogP contribution in [0, 0.1) is 5.92 Å². The third kappa shape index (κ3) is 2.32. The van der Waals surface area contributed by atoms with Crippen molar-refractivity contribution in [1.29, 1.82) is 0 Å².